The van der Waals surface area contributed by atoms with Crippen LogP contribution in [0.4, 0.5) is 23.1 Å². The number of methoxy groups -OCH3 is 1. The lowest BCUT2D eigenvalue weighted by Gasteiger charge is -2.16. The minimum Gasteiger partial charge on any atom is -0.479 e. The number of anilines is 4. The zero-order chi connectivity index (χ0) is 24.4. The number of nitrogens with one attached hydrogen (secondary N) is 2. The number of hydrogen-bond donors (Lipinski definition) is 2. The van der Waals surface area contributed by atoms with Gasteiger partial charge in [-0.25, -0.2) is 18.4 Å². The number of halogens is 1. The Morgan fingerprint density at radius 1 is 1.03 bits per heavy atom. The van der Waals surface area contributed by atoms with E-state index in [9.17, 15) is 13.0 Å². The number of sulfone groups is 1. The standard InChI is InChI=1S/C21H25ClN5O4PS/c1-13(2)33(29,30)17-9-7-6-8-15(17)24-19-14(22)12-23-21(27-19)25-16-10-11-18(32(4,5)28)26-20(16)31-3/h6-13H,1-5H3,(H2,23,24,25,27). The first-order valence-electron chi connectivity index (χ1n) is 9.93. The first-order chi connectivity index (χ1) is 15.4. The lowest BCUT2D eigenvalue weighted by atomic mass is 10.3. The summed E-state index contributed by atoms with van der Waals surface area (Å²) in [5.41, 5.74) is 1.25. The lowest BCUT2D eigenvalue weighted by Crippen LogP contribution is -2.15. The molecular formula is C21H25ClN5O4PS. The molecule has 3 rings (SSSR count). The first-order valence-corrected chi connectivity index (χ1v) is 14.5. The second-order valence-electron chi connectivity index (χ2n) is 7.81. The number of hydrogen-bond acceptors (Lipinski definition) is 9. The van der Waals surface area contributed by atoms with Crippen molar-refractivity contribution in [3.63, 3.8) is 0 Å². The minimum atomic E-state index is -3.54. The molecule has 0 bridgehead atoms. The summed E-state index contributed by atoms with van der Waals surface area (Å²) in [6, 6.07) is 9.87. The van der Waals surface area contributed by atoms with Gasteiger partial charge in [0.05, 0.1) is 29.1 Å². The van der Waals surface area contributed by atoms with Gasteiger partial charge >= 0.3 is 0 Å². The Morgan fingerprint density at radius 2 is 1.73 bits per heavy atom. The number of pyridine rings is 1. The maximum Gasteiger partial charge on any atom is 0.238 e. The molecule has 2 N–H and O–H groups in total. The number of aromatic nitrogens is 3. The Morgan fingerprint density at radius 3 is 2.36 bits per heavy atom. The molecule has 0 radical (unpaired) electrons. The van der Waals surface area contributed by atoms with E-state index in [4.69, 9.17) is 16.3 Å². The summed E-state index contributed by atoms with van der Waals surface area (Å²) in [7, 11) is -4.65. The Hall–Kier alpha value is -2.68. The lowest BCUT2D eigenvalue weighted by molar-refractivity contribution is 0.401. The average molecular weight is 510 g/mol. The van der Waals surface area contributed by atoms with Gasteiger partial charge in [0, 0.05) is 0 Å². The van der Waals surface area contributed by atoms with Gasteiger partial charge in [-0.15, -0.1) is 0 Å². The summed E-state index contributed by atoms with van der Waals surface area (Å²) in [6.45, 7) is 6.49. The highest BCUT2D eigenvalue weighted by molar-refractivity contribution is 7.92. The molecule has 0 aliphatic rings. The maximum atomic E-state index is 12.7. The van der Waals surface area contributed by atoms with Crippen LogP contribution in [0.1, 0.15) is 13.8 Å². The van der Waals surface area contributed by atoms with Crippen molar-refractivity contribution in [3.8, 4) is 5.88 Å². The zero-order valence-electron chi connectivity index (χ0n) is 18.8. The number of rotatable bonds is 8. The molecule has 0 spiro atoms. The van der Waals surface area contributed by atoms with Gasteiger partial charge in [0.2, 0.25) is 11.8 Å². The second kappa shape index (κ2) is 9.67. The van der Waals surface area contributed by atoms with E-state index in [0.29, 0.717) is 16.8 Å². The molecule has 9 nitrogen and oxygen atoms in total. The monoisotopic (exact) mass is 509 g/mol. The summed E-state index contributed by atoms with van der Waals surface area (Å²) in [4.78, 5) is 13.0. The third-order valence-electron chi connectivity index (χ3n) is 4.65. The zero-order valence-corrected chi connectivity index (χ0v) is 21.3. The SMILES string of the molecule is COc1nc(P(C)(C)=O)ccc1Nc1ncc(Cl)c(Nc2ccccc2S(=O)(=O)C(C)C)n1. The van der Waals surface area contributed by atoms with Gasteiger partial charge in [-0.2, -0.15) is 4.98 Å². The number of benzene rings is 1. The largest absolute Gasteiger partial charge is 0.479 e. The van der Waals surface area contributed by atoms with E-state index in [-0.39, 0.29) is 27.6 Å². The van der Waals surface area contributed by atoms with Crippen LogP contribution in [0.25, 0.3) is 0 Å². The molecular weight excluding hydrogens is 485 g/mol. The van der Waals surface area contributed by atoms with Crippen molar-refractivity contribution in [2.75, 3.05) is 31.1 Å². The van der Waals surface area contributed by atoms with Crippen LogP contribution in [0.2, 0.25) is 5.02 Å². The van der Waals surface area contributed by atoms with Gasteiger partial charge in [-0.1, -0.05) is 23.7 Å². The molecule has 176 valence electrons. The molecule has 33 heavy (non-hydrogen) atoms. The molecule has 0 amide bonds. The van der Waals surface area contributed by atoms with Gasteiger partial charge in [0.1, 0.15) is 23.3 Å². The quantitative estimate of drug-likeness (QED) is 0.424. The third kappa shape index (κ3) is 5.63. The Balaban J connectivity index is 1.95. The highest BCUT2D eigenvalue weighted by Gasteiger charge is 2.23. The van der Waals surface area contributed by atoms with Gasteiger partial charge in [-0.05, 0) is 51.4 Å². The topological polar surface area (TPSA) is 123 Å². The van der Waals surface area contributed by atoms with Crippen LogP contribution >= 0.6 is 18.7 Å². The number of ether oxygens (including phenoxy) is 1. The normalized spacial score (nSPS) is 12.0. The summed E-state index contributed by atoms with van der Waals surface area (Å²) in [5, 5.41) is 5.61. The molecule has 2 aromatic heterocycles. The van der Waals surface area contributed by atoms with Crippen molar-refractivity contribution >= 4 is 57.2 Å². The van der Waals surface area contributed by atoms with Crippen molar-refractivity contribution in [2.45, 2.75) is 24.0 Å². The molecule has 0 aliphatic heterocycles. The molecule has 3 aromatic rings. The van der Waals surface area contributed by atoms with E-state index in [1.165, 1.54) is 19.4 Å². The van der Waals surface area contributed by atoms with Crippen LogP contribution in [-0.4, -0.2) is 49.1 Å². The van der Waals surface area contributed by atoms with Crippen molar-refractivity contribution in [3.05, 3.63) is 47.6 Å². The smallest absolute Gasteiger partial charge is 0.238 e. The number of para-hydroxylation sites is 1. The van der Waals surface area contributed by atoms with E-state index >= 15 is 0 Å². The fraction of sp³-hybridized carbons (Fsp3) is 0.286. The van der Waals surface area contributed by atoms with Crippen molar-refractivity contribution in [2.24, 2.45) is 0 Å². The molecule has 0 saturated carbocycles. The van der Waals surface area contributed by atoms with Crippen LogP contribution in [-0.2, 0) is 14.4 Å². The van der Waals surface area contributed by atoms with Crippen LogP contribution in [0, 0.1) is 0 Å². The van der Waals surface area contributed by atoms with Crippen molar-refractivity contribution in [1.82, 2.24) is 15.0 Å². The van der Waals surface area contributed by atoms with E-state index in [2.05, 4.69) is 25.6 Å². The molecule has 0 saturated heterocycles. The van der Waals surface area contributed by atoms with Gasteiger partial charge in [-0.3, -0.25) is 0 Å². The molecule has 0 fully saturated rings. The highest BCUT2D eigenvalue weighted by Crippen LogP contribution is 2.36. The Kier molecular flexibility index (Phi) is 7.31. The van der Waals surface area contributed by atoms with Crippen molar-refractivity contribution in [1.29, 1.82) is 0 Å². The molecule has 0 atom stereocenters. The van der Waals surface area contributed by atoms with E-state index < -0.39 is 22.2 Å². The Bertz CT molecular complexity index is 1330. The minimum absolute atomic E-state index is 0.147. The number of nitrogens with zero attached hydrogens (tertiary/aromatic N) is 3. The first kappa shape index (κ1) is 25.0. The van der Waals surface area contributed by atoms with Crippen LogP contribution < -0.4 is 20.8 Å². The highest BCUT2D eigenvalue weighted by atomic mass is 35.5. The molecule has 2 heterocycles. The fourth-order valence-electron chi connectivity index (χ4n) is 2.82. The summed E-state index contributed by atoms with van der Waals surface area (Å²) >= 11 is 6.27. The van der Waals surface area contributed by atoms with Gasteiger partial charge in [0.25, 0.3) is 0 Å². The second-order valence-corrected chi connectivity index (χ2v) is 13.8. The van der Waals surface area contributed by atoms with Crippen LogP contribution in [0.5, 0.6) is 5.88 Å². The van der Waals surface area contributed by atoms with E-state index in [1.54, 1.807) is 57.5 Å². The van der Waals surface area contributed by atoms with Crippen LogP contribution in [0.15, 0.2) is 47.5 Å². The Labute approximate surface area is 198 Å². The summed E-state index contributed by atoms with van der Waals surface area (Å²) in [5.74, 6) is 0.628. The van der Waals surface area contributed by atoms with E-state index in [0.717, 1.165) is 0 Å². The van der Waals surface area contributed by atoms with Gasteiger partial charge in [0.15, 0.2) is 15.7 Å². The van der Waals surface area contributed by atoms with Crippen LogP contribution in [0.3, 0.4) is 0 Å². The average Bonchev–Trinajstić information content (AvgIpc) is 2.75. The fourth-order valence-corrected chi connectivity index (χ4v) is 4.92. The van der Waals surface area contributed by atoms with Crippen molar-refractivity contribution < 1.29 is 17.7 Å². The maximum absolute atomic E-state index is 12.7. The van der Waals surface area contributed by atoms with Gasteiger partial charge < -0.3 is 19.9 Å². The predicted octanol–water partition coefficient (Wildman–Crippen LogP) is 4.45. The predicted molar refractivity (Wildman–Crippen MR) is 132 cm³/mol. The molecule has 0 aliphatic carbocycles. The van der Waals surface area contributed by atoms with E-state index in [1.807, 2.05) is 0 Å². The molecule has 1 aromatic carbocycles. The summed E-state index contributed by atoms with van der Waals surface area (Å²) in [6.07, 6.45) is 1.39. The molecule has 12 heteroatoms. The molecule has 0 unspecified atom stereocenters. The third-order valence-corrected chi connectivity index (χ3v) is 8.49. The summed E-state index contributed by atoms with van der Waals surface area (Å²) < 4.78 is 43.1.